The molecule has 1 aliphatic rings. The van der Waals surface area contributed by atoms with Gasteiger partial charge in [0.15, 0.2) is 0 Å². The maximum atomic E-state index is 12.1. The maximum Gasteiger partial charge on any atom is 0.407 e. The Morgan fingerprint density at radius 2 is 2.00 bits per heavy atom. The monoisotopic (exact) mass is 406 g/mol. The fraction of sp³-hybridized carbons (Fsp3) is 0.550. The number of piperidine rings is 1. The van der Waals surface area contributed by atoms with Crippen LogP contribution in [0.5, 0.6) is 0 Å². The van der Waals surface area contributed by atoms with Crippen LogP contribution < -0.4 is 5.32 Å². The van der Waals surface area contributed by atoms with Crippen molar-refractivity contribution in [2.45, 2.75) is 58.2 Å². The first-order valence-corrected chi connectivity index (χ1v) is 9.96. The molecule has 1 saturated heterocycles. The summed E-state index contributed by atoms with van der Waals surface area (Å²) in [6.07, 6.45) is 1.25. The van der Waals surface area contributed by atoms with Crippen molar-refractivity contribution < 1.29 is 13.9 Å². The summed E-state index contributed by atoms with van der Waals surface area (Å²) in [5.41, 5.74) is 0.333. The van der Waals surface area contributed by atoms with E-state index in [1.807, 2.05) is 32.9 Å². The van der Waals surface area contributed by atoms with Crippen LogP contribution in [0.25, 0.3) is 11.5 Å². The first-order valence-electron chi connectivity index (χ1n) is 9.58. The second-order valence-electron chi connectivity index (χ2n) is 7.98. The van der Waals surface area contributed by atoms with Gasteiger partial charge in [-0.25, -0.2) is 4.79 Å². The number of carbonyl (C=O) groups is 1. The summed E-state index contributed by atoms with van der Waals surface area (Å²) in [5.74, 6) is 1.08. The number of likely N-dealkylation sites (tertiary alicyclic amines) is 1. The molecule has 1 aliphatic heterocycles. The fourth-order valence-electron chi connectivity index (χ4n) is 3.34. The summed E-state index contributed by atoms with van der Waals surface area (Å²) in [6.45, 7) is 9.18. The molecule has 3 rings (SSSR count). The Labute approximate surface area is 170 Å². The van der Waals surface area contributed by atoms with Gasteiger partial charge in [0, 0.05) is 23.2 Å². The van der Waals surface area contributed by atoms with Crippen molar-refractivity contribution in [3.8, 4) is 11.5 Å². The van der Waals surface area contributed by atoms with E-state index in [1.165, 1.54) is 0 Å². The minimum absolute atomic E-state index is 0.0321. The van der Waals surface area contributed by atoms with Crippen LogP contribution in [0.2, 0.25) is 5.02 Å². The third-order valence-corrected chi connectivity index (χ3v) is 4.88. The summed E-state index contributed by atoms with van der Waals surface area (Å²) < 4.78 is 11.3. The van der Waals surface area contributed by atoms with Crippen molar-refractivity contribution in [3.63, 3.8) is 0 Å². The largest absolute Gasteiger partial charge is 0.444 e. The van der Waals surface area contributed by atoms with Crippen molar-refractivity contribution in [1.82, 2.24) is 20.4 Å². The number of amides is 1. The van der Waals surface area contributed by atoms with Crippen LogP contribution in [0.1, 0.15) is 52.5 Å². The average Bonchev–Trinajstić information content (AvgIpc) is 3.10. The standard InChI is InChI=1S/C20H27ClN4O3/c1-5-25-12-15(22-19(26)28-20(2,3)4)10-11-16(25)18-24-23-17(27-18)13-6-8-14(21)9-7-13/h6-9,15-16H,5,10-12H2,1-4H3,(H,22,26)/t15-,16+/m1/s1. The van der Waals surface area contributed by atoms with Gasteiger partial charge >= 0.3 is 6.09 Å². The van der Waals surface area contributed by atoms with Gasteiger partial charge in [-0.1, -0.05) is 18.5 Å². The minimum atomic E-state index is -0.506. The van der Waals surface area contributed by atoms with Crippen molar-refractivity contribution in [2.24, 2.45) is 0 Å². The van der Waals surface area contributed by atoms with Crippen molar-refractivity contribution in [2.75, 3.05) is 13.1 Å². The zero-order chi connectivity index (χ0) is 20.3. The number of rotatable bonds is 4. The molecule has 1 aromatic carbocycles. The van der Waals surface area contributed by atoms with Crippen LogP contribution in [0.4, 0.5) is 4.79 Å². The van der Waals surface area contributed by atoms with Crippen LogP contribution in [0, 0.1) is 0 Å². The third kappa shape index (κ3) is 5.23. The van der Waals surface area contributed by atoms with Gasteiger partial charge in [0.2, 0.25) is 11.8 Å². The lowest BCUT2D eigenvalue weighted by Gasteiger charge is -2.37. The van der Waals surface area contributed by atoms with E-state index >= 15 is 0 Å². The molecule has 2 heterocycles. The van der Waals surface area contributed by atoms with E-state index in [-0.39, 0.29) is 18.2 Å². The number of hydrogen-bond acceptors (Lipinski definition) is 6. The Balaban J connectivity index is 1.65. The zero-order valence-corrected chi connectivity index (χ0v) is 17.5. The number of nitrogens with one attached hydrogen (secondary N) is 1. The summed E-state index contributed by atoms with van der Waals surface area (Å²) in [4.78, 5) is 14.3. The maximum absolute atomic E-state index is 12.1. The molecule has 2 atom stereocenters. The van der Waals surface area contributed by atoms with E-state index in [0.29, 0.717) is 23.3 Å². The van der Waals surface area contributed by atoms with E-state index < -0.39 is 5.60 Å². The quantitative estimate of drug-likeness (QED) is 0.808. The van der Waals surface area contributed by atoms with Gasteiger partial charge in [-0.15, -0.1) is 10.2 Å². The SMILES string of the molecule is CCN1C[C@H](NC(=O)OC(C)(C)C)CC[C@H]1c1nnc(-c2ccc(Cl)cc2)o1. The van der Waals surface area contributed by atoms with E-state index in [1.54, 1.807) is 12.1 Å². The molecule has 0 saturated carbocycles. The Morgan fingerprint density at radius 3 is 2.64 bits per heavy atom. The molecule has 8 heteroatoms. The highest BCUT2D eigenvalue weighted by atomic mass is 35.5. The number of aromatic nitrogens is 2. The first kappa shape index (κ1) is 20.6. The highest BCUT2D eigenvalue weighted by Crippen LogP contribution is 2.32. The van der Waals surface area contributed by atoms with E-state index in [0.717, 1.165) is 24.9 Å². The average molecular weight is 407 g/mol. The number of ether oxygens (including phenoxy) is 1. The first-order chi connectivity index (χ1) is 13.2. The van der Waals surface area contributed by atoms with E-state index in [4.69, 9.17) is 20.8 Å². The van der Waals surface area contributed by atoms with Gasteiger partial charge in [0.1, 0.15) is 5.60 Å². The topological polar surface area (TPSA) is 80.5 Å². The van der Waals surface area contributed by atoms with E-state index in [2.05, 4.69) is 27.3 Å². The Bertz CT molecular complexity index is 801. The second-order valence-corrected chi connectivity index (χ2v) is 8.41. The van der Waals surface area contributed by atoms with Crippen LogP contribution >= 0.6 is 11.6 Å². The number of alkyl carbamates (subject to hydrolysis) is 1. The minimum Gasteiger partial charge on any atom is -0.444 e. The molecule has 1 N–H and O–H groups in total. The van der Waals surface area contributed by atoms with Crippen LogP contribution in [0.15, 0.2) is 28.7 Å². The lowest BCUT2D eigenvalue weighted by molar-refractivity contribution is 0.0433. The number of likely N-dealkylation sites (N-methyl/N-ethyl adjacent to an activating group) is 1. The van der Waals surface area contributed by atoms with Gasteiger partial charge in [-0.2, -0.15) is 0 Å². The number of carbonyl (C=O) groups excluding carboxylic acids is 1. The van der Waals surface area contributed by atoms with Crippen molar-refractivity contribution in [1.29, 1.82) is 0 Å². The van der Waals surface area contributed by atoms with Gasteiger partial charge < -0.3 is 14.5 Å². The Hall–Kier alpha value is -2.12. The molecular formula is C20H27ClN4O3. The molecule has 1 fully saturated rings. The van der Waals surface area contributed by atoms with Crippen molar-refractivity contribution in [3.05, 3.63) is 35.2 Å². The number of halogens is 1. The smallest absolute Gasteiger partial charge is 0.407 e. The molecule has 0 unspecified atom stereocenters. The third-order valence-electron chi connectivity index (χ3n) is 4.63. The van der Waals surface area contributed by atoms with Crippen LogP contribution in [0.3, 0.4) is 0 Å². The molecule has 1 amide bonds. The molecule has 1 aromatic heterocycles. The molecule has 0 spiro atoms. The molecular weight excluding hydrogens is 380 g/mol. The van der Waals surface area contributed by atoms with Crippen molar-refractivity contribution >= 4 is 17.7 Å². The lowest BCUT2D eigenvalue weighted by atomic mass is 9.98. The molecule has 28 heavy (non-hydrogen) atoms. The van der Waals surface area contributed by atoms with Gasteiger partial charge in [0.25, 0.3) is 0 Å². The predicted octanol–water partition coefficient (Wildman–Crippen LogP) is 4.44. The molecule has 0 bridgehead atoms. The highest BCUT2D eigenvalue weighted by molar-refractivity contribution is 6.30. The van der Waals surface area contributed by atoms with Crippen LogP contribution in [-0.2, 0) is 4.74 Å². The molecule has 0 aliphatic carbocycles. The summed E-state index contributed by atoms with van der Waals surface area (Å²) in [6, 6.07) is 7.39. The predicted molar refractivity (Wildman–Crippen MR) is 107 cm³/mol. The second kappa shape index (κ2) is 8.49. The number of nitrogens with zero attached hydrogens (tertiary/aromatic N) is 3. The fourth-order valence-corrected chi connectivity index (χ4v) is 3.47. The normalized spacial score (nSPS) is 20.8. The Morgan fingerprint density at radius 1 is 1.29 bits per heavy atom. The summed E-state index contributed by atoms with van der Waals surface area (Å²) in [7, 11) is 0. The molecule has 152 valence electrons. The molecule has 7 nitrogen and oxygen atoms in total. The molecule has 0 radical (unpaired) electrons. The Kier molecular flexibility index (Phi) is 6.25. The van der Waals surface area contributed by atoms with Gasteiger partial charge in [-0.3, -0.25) is 4.90 Å². The van der Waals surface area contributed by atoms with Crippen LogP contribution in [-0.4, -0.2) is 45.9 Å². The zero-order valence-electron chi connectivity index (χ0n) is 16.7. The highest BCUT2D eigenvalue weighted by Gasteiger charge is 2.33. The van der Waals surface area contributed by atoms with Gasteiger partial charge in [0.05, 0.1) is 6.04 Å². The summed E-state index contributed by atoms with van der Waals surface area (Å²) >= 11 is 5.94. The summed E-state index contributed by atoms with van der Waals surface area (Å²) in [5, 5.41) is 12.1. The molecule has 2 aromatic rings. The van der Waals surface area contributed by atoms with E-state index in [9.17, 15) is 4.79 Å². The number of benzene rings is 1. The number of hydrogen-bond donors (Lipinski definition) is 1. The van der Waals surface area contributed by atoms with Gasteiger partial charge in [-0.05, 0) is 64.4 Å². The lowest BCUT2D eigenvalue weighted by Crippen LogP contribution is -2.49.